The van der Waals surface area contributed by atoms with Gasteiger partial charge < -0.3 is 0 Å². The first-order valence-electron chi connectivity index (χ1n) is 7.13. The molecule has 1 fully saturated rings. The molecule has 17 heavy (non-hydrogen) atoms. The first kappa shape index (κ1) is 11.5. The van der Waals surface area contributed by atoms with Crippen LogP contribution in [-0.4, -0.2) is 5.78 Å². The molecule has 0 heterocycles. The molecule has 0 bridgehead atoms. The zero-order valence-corrected chi connectivity index (χ0v) is 11.6. The molecule has 3 unspecified atom stereocenters. The van der Waals surface area contributed by atoms with Crippen molar-refractivity contribution in [3.8, 4) is 0 Å². The number of ketones is 1. The Kier molecular flexibility index (Phi) is 2.19. The van der Waals surface area contributed by atoms with Crippen molar-refractivity contribution >= 4 is 5.78 Å². The van der Waals surface area contributed by atoms with E-state index in [2.05, 4.69) is 27.7 Å². The van der Waals surface area contributed by atoms with Crippen LogP contribution in [0.3, 0.4) is 0 Å². The van der Waals surface area contributed by atoms with Crippen molar-refractivity contribution in [2.45, 2.75) is 59.8 Å². The van der Waals surface area contributed by atoms with Crippen LogP contribution in [0.25, 0.3) is 0 Å². The smallest absolute Gasteiger partial charge is 0.159 e. The van der Waals surface area contributed by atoms with Crippen molar-refractivity contribution in [3.05, 3.63) is 11.1 Å². The lowest BCUT2D eigenvalue weighted by Gasteiger charge is -2.50. The topological polar surface area (TPSA) is 17.1 Å². The maximum atomic E-state index is 12.3. The third kappa shape index (κ3) is 1.34. The number of hydrogen-bond acceptors (Lipinski definition) is 1. The number of rotatable bonds is 0. The molecular formula is C16H24O. The van der Waals surface area contributed by atoms with E-state index in [-0.39, 0.29) is 5.41 Å². The summed E-state index contributed by atoms with van der Waals surface area (Å²) in [4.78, 5) is 12.3. The van der Waals surface area contributed by atoms with Crippen LogP contribution in [0, 0.1) is 22.7 Å². The van der Waals surface area contributed by atoms with Gasteiger partial charge in [-0.1, -0.05) is 33.3 Å². The van der Waals surface area contributed by atoms with Gasteiger partial charge in [0.1, 0.15) is 0 Å². The van der Waals surface area contributed by atoms with Gasteiger partial charge in [0.05, 0.1) is 0 Å². The van der Waals surface area contributed by atoms with E-state index >= 15 is 0 Å². The monoisotopic (exact) mass is 232 g/mol. The number of carbonyl (C=O) groups excluding carboxylic acids is 1. The average Bonchev–Trinajstić information content (AvgIpc) is 2.49. The Morgan fingerprint density at radius 3 is 2.59 bits per heavy atom. The normalized spacial score (nSPS) is 43.9. The third-order valence-corrected chi connectivity index (χ3v) is 6.09. The highest BCUT2D eigenvalue weighted by Crippen LogP contribution is 2.62. The molecule has 3 aliphatic rings. The molecular weight excluding hydrogens is 208 g/mol. The Morgan fingerprint density at radius 2 is 1.88 bits per heavy atom. The predicted molar refractivity (Wildman–Crippen MR) is 69.7 cm³/mol. The van der Waals surface area contributed by atoms with Crippen LogP contribution in [0.1, 0.15) is 59.8 Å². The van der Waals surface area contributed by atoms with Gasteiger partial charge in [0.25, 0.3) is 0 Å². The molecule has 0 saturated heterocycles. The Balaban J connectivity index is 2.16. The molecule has 3 atom stereocenters. The van der Waals surface area contributed by atoms with Crippen molar-refractivity contribution in [2.75, 3.05) is 0 Å². The maximum Gasteiger partial charge on any atom is 0.159 e. The van der Waals surface area contributed by atoms with Gasteiger partial charge in [-0.2, -0.15) is 0 Å². The Bertz CT molecular complexity index is 415. The van der Waals surface area contributed by atoms with Gasteiger partial charge in [-0.25, -0.2) is 0 Å². The number of hydrogen-bond donors (Lipinski definition) is 0. The molecule has 3 rings (SSSR count). The summed E-state index contributed by atoms with van der Waals surface area (Å²) in [6.07, 6.45) is 5.64. The van der Waals surface area contributed by atoms with E-state index in [9.17, 15) is 4.79 Å². The summed E-state index contributed by atoms with van der Waals surface area (Å²) in [5.74, 6) is 1.83. The van der Waals surface area contributed by atoms with Gasteiger partial charge >= 0.3 is 0 Å². The molecule has 0 aromatic carbocycles. The maximum absolute atomic E-state index is 12.3. The van der Waals surface area contributed by atoms with Gasteiger partial charge in [-0.05, 0) is 53.9 Å². The number of Topliss-reactive ketones (excluding diaryl/α,β-unsaturated/α-hetero) is 1. The van der Waals surface area contributed by atoms with E-state index in [1.54, 1.807) is 5.57 Å². The second-order valence-corrected chi connectivity index (χ2v) is 7.43. The van der Waals surface area contributed by atoms with Crippen LogP contribution in [0.2, 0.25) is 0 Å². The van der Waals surface area contributed by atoms with Crippen LogP contribution in [0.5, 0.6) is 0 Å². The SMILES string of the molecule is CC1CCC2C3=C(CCC2(C)C)C(=O)CC31C. The Morgan fingerprint density at radius 1 is 1.18 bits per heavy atom. The molecule has 0 amide bonds. The van der Waals surface area contributed by atoms with E-state index in [4.69, 9.17) is 0 Å². The van der Waals surface area contributed by atoms with Crippen molar-refractivity contribution < 1.29 is 4.79 Å². The van der Waals surface area contributed by atoms with Gasteiger partial charge in [-0.15, -0.1) is 0 Å². The lowest BCUT2D eigenvalue weighted by atomic mass is 9.54. The zero-order valence-electron chi connectivity index (χ0n) is 11.6. The number of carbonyl (C=O) groups is 1. The fourth-order valence-corrected chi connectivity index (χ4v) is 4.63. The second-order valence-electron chi connectivity index (χ2n) is 7.43. The summed E-state index contributed by atoms with van der Waals surface area (Å²) in [6.45, 7) is 9.51. The molecule has 1 heteroatoms. The highest BCUT2D eigenvalue weighted by molar-refractivity contribution is 6.00. The van der Waals surface area contributed by atoms with Gasteiger partial charge in [0.15, 0.2) is 5.78 Å². The first-order valence-corrected chi connectivity index (χ1v) is 7.13. The summed E-state index contributed by atoms with van der Waals surface area (Å²) in [5.41, 5.74) is 3.43. The fourth-order valence-electron chi connectivity index (χ4n) is 4.63. The summed E-state index contributed by atoms with van der Waals surface area (Å²) < 4.78 is 0. The number of allylic oxidation sites excluding steroid dienone is 2. The lowest BCUT2D eigenvalue weighted by Crippen LogP contribution is -2.41. The van der Waals surface area contributed by atoms with Gasteiger partial charge in [-0.3, -0.25) is 4.79 Å². The molecule has 0 radical (unpaired) electrons. The molecule has 94 valence electrons. The lowest BCUT2D eigenvalue weighted by molar-refractivity contribution is -0.116. The highest BCUT2D eigenvalue weighted by atomic mass is 16.1. The van der Waals surface area contributed by atoms with Crippen LogP contribution in [0.15, 0.2) is 11.1 Å². The minimum Gasteiger partial charge on any atom is -0.295 e. The first-order chi connectivity index (χ1) is 7.86. The van der Waals surface area contributed by atoms with Gasteiger partial charge in [0.2, 0.25) is 0 Å². The second kappa shape index (κ2) is 3.24. The fraction of sp³-hybridized carbons (Fsp3) is 0.812. The van der Waals surface area contributed by atoms with Crippen LogP contribution < -0.4 is 0 Å². The average molecular weight is 232 g/mol. The summed E-state index contributed by atoms with van der Waals surface area (Å²) in [6, 6.07) is 0. The standard InChI is InChI=1S/C16H24O/c1-10-5-6-12-14-11(7-8-15(12,2)3)13(17)9-16(10,14)4/h10,12H,5-9H2,1-4H3. The van der Waals surface area contributed by atoms with Crippen LogP contribution >= 0.6 is 0 Å². The van der Waals surface area contributed by atoms with Crippen molar-refractivity contribution in [3.63, 3.8) is 0 Å². The summed E-state index contributed by atoms with van der Waals surface area (Å²) in [5, 5.41) is 0. The van der Waals surface area contributed by atoms with Gasteiger partial charge in [0, 0.05) is 6.42 Å². The molecule has 0 aromatic rings. The van der Waals surface area contributed by atoms with Crippen molar-refractivity contribution in [1.82, 2.24) is 0 Å². The molecule has 0 aliphatic heterocycles. The molecule has 1 nitrogen and oxygen atoms in total. The molecule has 1 saturated carbocycles. The summed E-state index contributed by atoms with van der Waals surface area (Å²) >= 11 is 0. The van der Waals surface area contributed by atoms with Crippen LogP contribution in [-0.2, 0) is 4.79 Å². The Labute approximate surface area is 105 Å². The predicted octanol–water partition coefficient (Wildman–Crippen LogP) is 4.13. The minimum atomic E-state index is 0.201. The van der Waals surface area contributed by atoms with Crippen molar-refractivity contribution in [2.24, 2.45) is 22.7 Å². The van der Waals surface area contributed by atoms with Crippen LogP contribution in [0.4, 0.5) is 0 Å². The van der Waals surface area contributed by atoms with E-state index < -0.39 is 0 Å². The highest BCUT2D eigenvalue weighted by Gasteiger charge is 2.54. The van der Waals surface area contributed by atoms with E-state index in [0.717, 1.165) is 12.8 Å². The summed E-state index contributed by atoms with van der Waals surface area (Å²) in [7, 11) is 0. The molecule has 0 spiro atoms. The van der Waals surface area contributed by atoms with E-state index in [1.807, 2.05) is 0 Å². The van der Waals surface area contributed by atoms with Crippen molar-refractivity contribution in [1.29, 1.82) is 0 Å². The zero-order chi connectivity index (χ0) is 12.4. The molecule has 0 N–H and O–H groups in total. The quantitative estimate of drug-likeness (QED) is 0.614. The largest absolute Gasteiger partial charge is 0.295 e. The molecule has 3 aliphatic carbocycles. The van der Waals surface area contributed by atoms with E-state index in [1.165, 1.54) is 24.8 Å². The third-order valence-electron chi connectivity index (χ3n) is 6.09. The van der Waals surface area contributed by atoms with E-state index in [0.29, 0.717) is 23.0 Å². The minimum absolute atomic E-state index is 0.201. The Hall–Kier alpha value is -0.590. The molecule has 0 aromatic heterocycles.